The molecule has 2 aromatic rings. The minimum atomic E-state index is -0.479. The van der Waals surface area contributed by atoms with Crippen LogP contribution in [0.3, 0.4) is 0 Å². The molecule has 0 fully saturated rings. The molecule has 2 rings (SSSR count). The fourth-order valence-electron chi connectivity index (χ4n) is 2.22. The van der Waals surface area contributed by atoms with Gasteiger partial charge in [0.2, 0.25) is 0 Å². The Morgan fingerprint density at radius 3 is 2.75 bits per heavy atom. The van der Waals surface area contributed by atoms with Gasteiger partial charge in [0.25, 0.3) is 11.6 Å². The maximum atomic E-state index is 12.2. The van der Waals surface area contributed by atoms with Crippen molar-refractivity contribution in [2.24, 2.45) is 0 Å². The predicted octanol–water partition coefficient (Wildman–Crippen LogP) is 4.22. The van der Waals surface area contributed by atoms with Crippen LogP contribution in [0.2, 0.25) is 5.02 Å². The summed E-state index contributed by atoms with van der Waals surface area (Å²) in [6, 6.07) is 12.2. The number of benzene rings is 2. The van der Waals surface area contributed by atoms with E-state index in [0.29, 0.717) is 22.7 Å². The van der Waals surface area contributed by atoms with E-state index in [1.54, 1.807) is 24.8 Å². The Hall–Kier alpha value is -2.05. The van der Waals surface area contributed by atoms with E-state index < -0.39 is 4.92 Å². The lowest BCUT2D eigenvalue weighted by atomic mass is 10.1. The number of hydrogen-bond acceptors (Lipinski definition) is 4. The summed E-state index contributed by atoms with van der Waals surface area (Å²) in [6.45, 7) is 2.08. The molecule has 0 unspecified atom stereocenters. The number of amides is 1. The van der Waals surface area contributed by atoms with Crippen LogP contribution in [-0.4, -0.2) is 23.1 Å². The van der Waals surface area contributed by atoms with Crippen molar-refractivity contribution in [2.75, 3.05) is 12.3 Å². The summed E-state index contributed by atoms with van der Waals surface area (Å²) in [5.41, 5.74) is 1.81. The van der Waals surface area contributed by atoms with Gasteiger partial charge in [0.1, 0.15) is 0 Å². The summed E-state index contributed by atoms with van der Waals surface area (Å²) in [4.78, 5) is 22.6. The van der Waals surface area contributed by atoms with Crippen LogP contribution in [0, 0.1) is 17.0 Å². The highest BCUT2D eigenvalue weighted by atomic mass is 35.5. The highest BCUT2D eigenvalue weighted by molar-refractivity contribution is 7.98. The molecule has 0 aromatic heterocycles. The number of rotatable bonds is 7. The maximum absolute atomic E-state index is 12.2. The van der Waals surface area contributed by atoms with Crippen molar-refractivity contribution >= 4 is 35.0 Å². The van der Waals surface area contributed by atoms with Crippen LogP contribution in [0.4, 0.5) is 5.69 Å². The van der Waals surface area contributed by atoms with Gasteiger partial charge in [-0.15, -0.1) is 0 Å². The SMILES string of the molecule is Cc1c(C(=O)NCCSCc2cccc(Cl)c2)cccc1[N+](=O)[O-]. The zero-order valence-corrected chi connectivity index (χ0v) is 14.7. The van der Waals surface area contributed by atoms with Gasteiger partial charge in [-0.05, 0) is 30.7 Å². The Morgan fingerprint density at radius 1 is 1.29 bits per heavy atom. The topological polar surface area (TPSA) is 72.2 Å². The van der Waals surface area contributed by atoms with Gasteiger partial charge in [0.05, 0.1) is 4.92 Å². The van der Waals surface area contributed by atoms with E-state index in [-0.39, 0.29) is 11.6 Å². The Morgan fingerprint density at radius 2 is 2.04 bits per heavy atom. The molecule has 1 amide bonds. The molecule has 0 aliphatic rings. The molecule has 7 heteroatoms. The van der Waals surface area contributed by atoms with Crippen LogP contribution in [0.5, 0.6) is 0 Å². The molecule has 126 valence electrons. The van der Waals surface area contributed by atoms with E-state index in [4.69, 9.17) is 11.6 Å². The molecular weight excluding hydrogens is 348 g/mol. The van der Waals surface area contributed by atoms with Gasteiger partial charge < -0.3 is 5.32 Å². The second-order valence-corrected chi connectivity index (χ2v) is 6.69. The summed E-state index contributed by atoms with van der Waals surface area (Å²) in [7, 11) is 0. The van der Waals surface area contributed by atoms with Gasteiger partial charge in [-0.1, -0.05) is 29.8 Å². The van der Waals surface area contributed by atoms with Gasteiger partial charge in [-0.3, -0.25) is 14.9 Å². The van der Waals surface area contributed by atoms with E-state index in [9.17, 15) is 14.9 Å². The molecule has 0 heterocycles. The Balaban J connectivity index is 1.81. The lowest BCUT2D eigenvalue weighted by molar-refractivity contribution is -0.385. The summed E-state index contributed by atoms with van der Waals surface area (Å²) >= 11 is 7.61. The number of carbonyl (C=O) groups excluding carboxylic acids is 1. The monoisotopic (exact) mass is 364 g/mol. The molecule has 0 radical (unpaired) electrons. The predicted molar refractivity (Wildman–Crippen MR) is 97.8 cm³/mol. The minimum Gasteiger partial charge on any atom is -0.351 e. The van der Waals surface area contributed by atoms with E-state index in [1.165, 1.54) is 12.1 Å². The maximum Gasteiger partial charge on any atom is 0.273 e. The molecule has 24 heavy (non-hydrogen) atoms. The van der Waals surface area contributed by atoms with Gasteiger partial charge in [0.15, 0.2) is 0 Å². The summed E-state index contributed by atoms with van der Waals surface area (Å²) in [6.07, 6.45) is 0. The van der Waals surface area contributed by atoms with Crippen molar-refractivity contribution in [3.63, 3.8) is 0 Å². The molecule has 1 N–H and O–H groups in total. The first-order valence-electron chi connectivity index (χ1n) is 7.33. The van der Waals surface area contributed by atoms with Crippen LogP contribution in [0.15, 0.2) is 42.5 Å². The molecule has 2 aromatic carbocycles. The van der Waals surface area contributed by atoms with Crippen LogP contribution in [-0.2, 0) is 5.75 Å². The molecular formula is C17H17ClN2O3S. The first-order valence-corrected chi connectivity index (χ1v) is 8.86. The Bertz CT molecular complexity index is 752. The third-order valence-electron chi connectivity index (χ3n) is 3.44. The third kappa shape index (κ3) is 4.97. The number of nitro groups is 1. The largest absolute Gasteiger partial charge is 0.351 e. The molecule has 5 nitrogen and oxygen atoms in total. The molecule has 0 spiro atoms. The van der Waals surface area contributed by atoms with E-state index in [0.717, 1.165) is 17.1 Å². The van der Waals surface area contributed by atoms with Gasteiger partial charge in [-0.25, -0.2) is 0 Å². The lowest BCUT2D eigenvalue weighted by Gasteiger charge is -2.08. The van der Waals surface area contributed by atoms with Crippen molar-refractivity contribution < 1.29 is 9.72 Å². The third-order valence-corrected chi connectivity index (χ3v) is 4.70. The number of nitrogens with zero attached hydrogens (tertiary/aromatic N) is 1. The average Bonchev–Trinajstić information content (AvgIpc) is 2.54. The number of halogens is 1. The summed E-state index contributed by atoms with van der Waals surface area (Å²) < 4.78 is 0. The van der Waals surface area contributed by atoms with Crippen molar-refractivity contribution in [3.8, 4) is 0 Å². The Kier molecular flexibility index (Phi) is 6.63. The smallest absolute Gasteiger partial charge is 0.273 e. The molecule has 0 atom stereocenters. The highest BCUT2D eigenvalue weighted by Crippen LogP contribution is 2.21. The fourth-order valence-corrected chi connectivity index (χ4v) is 3.23. The van der Waals surface area contributed by atoms with Crippen LogP contribution in [0.25, 0.3) is 0 Å². The fraction of sp³-hybridized carbons (Fsp3) is 0.235. The van der Waals surface area contributed by atoms with Gasteiger partial charge >= 0.3 is 0 Å². The quantitative estimate of drug-likeness (QED) is 0.453. The van der Waals surface area contributed by atoms with E-state index >= 15 is 0 Å². The number of carbonyl (C=O) groups is 1. The average molecular weight is 365 g/mol. The number of hydrogen-bond donors (Lipinski definition) is 1. The lowest BCUT2D eigenvalue weighted by Crippen LogP contribution is -2.26. The van der Waals surface area contributed by atoms with E-state index in [2.05, 4.69) is 5.32 Å². The van der Waals surface area contributed by atoms with Crippen molar-refractivity contribution in [1.82, 2.24) is 5.32 Å². The van der Waals surface area contributed by atoms with Gasteiger partial charge in [0, 0.05) is 40.3 Å². The second kappa shape index (κ2) is 8.70. The van der Waals surface area contributed by atoms with E-state index in [1.807, 2.05) is 24.3 Å². The van der Waals surface area contributed by atoms with Crippen LogP contribution in [0.1, 0.15) is 21.5 Å². The standard InChI is InChI=1S/C17H17ClN2O3S/c1-12-15(6-3-7-16(12)20(22)23)17(21)19-8-9-24-11-13-4-2-5-14(18)10-13/h2-7,10H,8-9,11H2,1H3,(H,19,21). The highest BCUT2D eigenvalue weighted by Gasteiger charge is 2.17. The molecule has 0 aliphatic heterocycles. The van der Waals surface area contributed by atoms with Crippen molar-refractivity contribution in [2.45, 2.75) is 12.7 Å². The zero-order chi connectivity index (χ0) is 17.5. The number of nitrogens with one attached hydrogen (secondary N) is 1. The molecule has 0 saturated heterocycles. The van der Waals surface area contributed by atoms with Crippen molar-refractivity contribution in [1.29, 1.82) is 0 Å². The normalized spacial score (nSPS) is 10.4. The first kappa shape index (κ1) is 18.3. The zero-order valence-electron chi connectivity index (χ0n) is 13.1. The minimum absolute atomic E-state index is 0.0435. The molecule has 0 saturated carbocycles. The Labute approximate surface area is 149 Å². The van der Waals surface area contributed by atoms with Crippen LogP contribution < -0.4 is 5.32 Å². The molecule has 0 aliphatic carbocycles. The number of thioether (sulfide) groups is 1. The summed E-state index contributed by atoms with van der Waals surface area (Å²) in [5.74, 6) is 1.26. The second-order valence-electron chi connectivity index (χ2n) is 5.15. The first-order chi connectivity index (χ1) is 11.5. The van der Waals surface area contributed by atoms with Gasteiger partial charge in [-0.2, -0.15) is 11.8 Å². The molecule has 0 bridgehead atoms. The summed E-state index contributed by atoms with van der Waals surface area (Å²) in [5, 5.41) is 14.4. The van der Waals surface area contributed by atoms with Crippen molar-refractivity contribution in [3.05, 3.63) is 74.3 Å². The number of nitro benzene ring substituents is 1. The van der Waals surface area contributed by atoms with Crippen LogP contribution >= 0.6 is 23.4 Å².